The van der Waals surface area contributed by atoms with Gasteiger partial charge in [-0.2, -0.15) is 0 Å². The molecule has 1 aromatic rings. The highest BCUT2D eigenvalue weighted by atomic mass is 79.9. The summed E-state index contributed by atoms with van der Waals surface area (Å²) >= 11 is 8.88. The third-order valence-electron chi connectivity index (χ3n) is 2.36. The van der Waals surface area contributed by atoms with Crippen molar-refractivity contribution in [3.05, 3.63) is 31.9 Å². The Morgan fingerprint density at radius 2 is 2.31 bits per heavy atom. The standard InChI is InChI=1S/C12H17Br2NS/c1-3-5-6-10(15-7-4-2)9-8-11(13)16-12(9)14/h3,8,10,15H,1,4-7H2,2H3. The molecule has 0 aliphatic carbocycles. The van der Waals surface area contributed by atoms with Gasteiger partial charge in [-0.05, 0) is 69.3 Å². The van der Waals surface area contributed by atoms with Crippen LogP contribution in [0.25, 0.3) is 0 Å². The van der Waals surface area contributed by atoms with E-state index in [9.17, 15) is 0 Å². The lowest BCUT2D eigenvalue weighted by Crippen LogP contribution is -2.21. The second-order valence-corrected chi connectivity index (χ2v) is 7.40. The average molecular weight is 367 g/mol. The fraction of sp³-hybridized carbons (Fsp3) is 0.500. The molecule has 0 saturated carbocycles. The van der Waals surface area contributed by atoms with Gasteiger partial charge in [-0.1, -0.05) is 13.0 Å². The van der Waals surface area contributed by atoms with E-state index in [0.717, 1.165) is 25.8 Å². The van der Waals surface area contributed by atoms with Crippen molar-refractivity contribution in [3.63, 3.8) is 0 Å². The summed E-state index contributed by atoms with van der Waals surface area (Å²) in [7, 11) is 0. The number of hydrogen-bond donors (Lipinski definition) is 1. The zero-order valence-corrected chi connectivity index (χ0v) is 13.4. The van der Waals surface area contributed by atoms with Gasteiger partial charge in [-0.15, -0.1) is 17.9 Å². The molecule has 0 saturated heterocycles. The van der Waals surface area contributed by atoms with Crippen LogP contribution in [0.3, 0.4) is 0 Å². The molecule has 0 aliphatic heterocycles. The maximum absolute atomic E-state index is 3.79. The zero-order chi connectivity index (χ0) is 12.0. The van der Waals surface area contributed by atoms with Crippen molar-refractivity contribution in [1.82, 2.24) is 5.32 Å². The fourth-order valence-electron chi connectivity index (χ4n) is 1.56. The van der Waals surface area contributed by atoms with Crippen molar-refractivity contribution in [2.45, 2.75) is 32.2 Å². The van der Waals surface area contributed by atoms with Crippen LogP contribution < -0.4 is 5.32 Å². The minimum Gasteiger partial charge on any atom is -0.310 e. The van der Waals surface area contributed by atoms with Gasteiger partial charge in [0.25, 0.3) is 0 Å². The van der Waals surface area contributed by atoms with Gasteiger partial charge in [-0.25, -0.2) is 0 Å². The molecule has 0 aliphatic rings. The van der Waals surface area contributed by atoms with Crippen LogP contribution in [0.15, 0.2) is 26.3 Å². The molecule has 1 rings (SSSR count). The van der Waals surface area contributed by atoms with E-state index in [-0.39, 0.29) is 0 Å². The van der Waals surface area contributed by atoms with Gasteiger partial charge in [-0.3, -0.25) is 0 Å². The predicted molar refractivity (Wildman–Crippen MR) is 80.2 cm³/mol. The van der Waals surface area contributed by atoms with Gasteiger partial charge in [0.1, 0.15) is 0 Å². The van der Waals surface area contributed by atoms with E-state index in [1.54, 1.807) is 11.3 Å². The lowest BCUT2D eigenvalue weighted by Gasteiger charge is -2.17. The molecule has 0 bridgehead atoms. The van der Waals surface area contributed by atoms with Crippen LogP contribution in [-0.2, 0) is 0 Å². The first kappa shape index (κ1) is 14.4. The van der Waals surface area contributed by atoms with Crippen LogP contribution in [0, 0.1) is 0 Å². The quantitative estimate of drug-likeness (QED) is 0.647. The largest absolute Gasteiger partial charge is 0.310 e. The van der Waals surface area contributed by atoms with Gasteiger partial charge in [0, 0.05) is 6.04 Å². The summed E-state index contributed by atoms with van der Waals surface area (Å²) < 4.78 is 2.40. The van der Waals surface area contributed by atoms with E-state index in [0.29, 0.717) is 6.04 Å². The van der Waals surface area contributed by atoms with E-state index >= 15 is 0 Å². The maximum atomic E-state index is 3.79. The van der Waals surface area contributed by atoms with Gasteiger partial charge in [0.2, 0.25) is 0 Å². The third-order valence-corrected chi connectivity index (χ3v) is 4.74. The Morgan fingerprint density at radius 3 is 2.81 bits per heavy atom. The van der Waals surface area contributed by atoms with Crippen LogP contribution >= 0.6 is 43.2 Å². The van der Waals surface area contributed by atoms with Crippen LogP contribution in [0.1, 0.15) is 37.8 Å². The Labute approximate surface area is 119 Å². The highest BCUT2D eigenvalue weighted by Gasteiger charge is 2.15. The second-order valence-electron chi connectivity index (χ2n) is 3.65. The van der Waals surface area contributed by atoms with Crippen molar-refractivity contribution < 1.29 is 0 Å². The molecule has 4 heteroatoms. The number of hydrogen-bond acceptors (Lipinski definition) is 2. The zero-order valence-electron chi connectivity index (χ0n) is 9.43. The SMILES string of the molecule is C=CCCC(NCCC)c1cc(Br)sc1Br. The monoisotopic (exact) mass is 365 g/mol. The van der Waals surface area contributed by atoms with Crippen molar-refractivity contribution in [2.24, 2.45) is 0 Å². The van der Waals surface area contributed by atoms with Crippen molar-refractivity contribution in [2.75, 3.05) is 6.54 Å². The highest BCUT2D eigenvalue weighted by Crippen LogP contribution is 2.36. The second kappa shape index (κ2) is 7.64. The molecular weight excluding hydrogens is 350 g/mol. The smallest absolute Gasteiger partial charge is 0.0758 e. The Hall–Kier alpha value is 0.360. The van der Waals surface area contributed by atoms with Gasteiger partial charge < -0.3 is 5.32 Å². The summed E-state index contributed by atoms with van der Waals surface area (Å²) in [5.41, 5.74) is 1.35. The van der Waals surface area contributed by atoms with Crippen LogP contribution in [0.2, 0.25) is 0 Å². The van der Waals surface area contributed by atoms with E-state index in [2.05, 4.69) is 56.7 Å². The van der Waals surface area contributed by atoms with Crippen molar-refractivity contribution >= 4 is 43.2 Å². The normalized spacial score (nSPS) is 12.7. The third kappa shape index (κ3) is 4.32. The van der Waals surface area contributed by atoms with E-state index < -0.39 is 0 Å². The fourth-order valence-corrected chi connectivity index (χ4v) is 4.54. The van der Waals surface area contributed by atoms with E-state index in [1.165, 1.54) is 13.1 Å². The Morgan fingerprint density at radius 1 is 1.56 bits per heavy atom. The lowest BCUT2D eigenvalue weighted by atomic mass is 10.1. The number of rotatable bonds is 7. The summed E-state index contributed by atoms with van der Waals surface area (Å²) in [5.74, 6) is 0. The predicted octanol–water partition coefficient (Wildman–Crippen LogP) is 5.28. The lowest BCUT2D eigenvalue weighted by molar-refractivity contribution is 0.503. The van der Waals surface area contributed by atoms with Gasteiger partial charge in [0.05, 0.1) is 7.57 Å². The number of halogens is 2. The van der Waals surface area contributed by atoms with E-state index in [1.807, 2.05) is 6.08 Å². The van der Waals surface area contributed by atoms with Gasteiger partial charge >= 0.3 is 0 Å². The Kier molecular flexibility index (Phi) is 6.89. The summed E-state index contributed by atoms with van der Waals surface area (Å²) in [6, 6.07) is 2.63. The molecule has 90 valence electrons. The molecule has 0 spiro atoms. The van der Waals surface area contributed by atoms with Crippen LogP contribution in [0.4, 0.5) is 0 Å². The molecule has 0 fully saturated rings. The topological polar surface area (TPSA) is 12.0 Å². The molecule has 1 aromatic heterocycles. The molecule has 16 heavy (non-hydrogen) atoms. The Balaban J connectivity index is 2.73. The van der Waals surface area contributed by atoms with Crippen LogP contribution in [0.5, 0.6) is 0 Å². The molecule has 0 amide bonds. The van der Waals surface area contributed by atoms with Crippen molar-refractivity contribution in [3.8, 4) is 0 Å². The molecule has 1 atom stereocenters. The first-order chi connectivity index (χ1) is 7.69. The first-order valence-corrected chi connectivity index (χ1v) is 7.88. The molecule has 1 N–H and O–H groups in total. The Bertz CT molecular complexity index is 336. The first-order valence-electron chi connectivity index (χ1n) is 5.48. The molecular formula is C12H17Br2NS. The average Bonchev–Trinajstić information content (AvgIpc) is 2.58. The number of thiophene rings is 1. The molecule has 1 nitrogen and oxygen atoms in total. The van der Waals surface area contributed by atoms with Crippen LogP contribution in [-0.4, -0.2) is 6.54 Å². The van der Waals surface area contributed by atoms with Crippen molar-refractivity contribution in [1.29, 1.82) is 0 Å². The summed E-state index contributed by atoms with van der Waals surface area (Å²) in [6.07, 6.45) is 5.29. The molecule has 0 radical (unpaired) electrons. The molecule has 1 unspecified atom stereocenters. The molecule has 1 heterocycles. The summed E-state index contributed by atoms with van der Waals surface area (Å²) in [5, 5.41) is 3.58. The minimum atomic E-state index is 0.426. The van der Waals surface area contributed by atoms with Gasteiger partial charge in [0.15, 0.2) is 0 Å². The maximum Gasteiger partial charge on any atom is 0.0758 e. The number of nitrogens with one attached hydrogen (secondary N) is 1. The summed E-state index contributed by atoms with van der Waals surface area (Å²) in [6.45, 7) is 7.04. The summed E-state index contributed by atoms with van der Waals surface area (Å²) in [4.78, 5) is 0. The number of allylic oxidation sites excluding steroid dienone is 1. The molecule has 0 aromatic carbocycles. The highest BCUT2D eigenvalue weighted by molar-refractivity contribution is 9.12. The van der Waals surface area contributed by atoms with E-state index in [4.69, 9.17) is 0 Å². The minimum absolute atomic E-state index is 0.426.